The van der Waals surface area contributed by atoms with Crippen LogP contribution in [0.5, 0.6) is 0 Å². The maximum Gasteiger partial charge on any atom is 0.351 e. The molecular formula is C11H12FN3O5. The van der Waals surface area contributed by atoms with E-state index in [1.807, 2.05) is 5.92 Å². The lowest BCUT2D eigenvalue weighted by molar-refractivity contribution is -0.0767. The number of aliphatic hydroxyl groups excluding tert-OH is 2. The summed E-state index contributed by atoms with van der Waals surface area (Å²) in [6.07, 6.45) is 1.31. The molecule has 2 heterocycles. The predicted octanol–water partition coefficient (Wildman–Crippen LogP) is -2.42. The molecule has 1 saturated heterocycles. The third kappa shape index (κ3) is 1.95. The molecule has 5 N–H and O–H groups in total. The van der Waals surface area contributed by atoms with Gasteiger partial charge in [0.05, 0.1) is 12.8 Å². The first-order chi connectivity index (χ1) is 9.35. The van der Waals surface area contributed by atoms with Crippen LogP contribution in [-0.2, 0) is 4.74 Å². The number of nitrogens with two attached hydrogens (primary N) is 1. The van der Waals surface area contributed by atoms with Crippen LogP contribution >= 0.6 is 0 Å². The van der Waals surface area contributed by atoms with Crippen molar-refractivity contribution in [2.75, 3.05) is 12.3 Å². The van der Waals surface area contributed by atoms with E-state index in [2.05, 4.69) is 4.98 Å². The number of terminal acetylenes is 1. The molecule has 20 heavy (non-hydrogen) atoms. The van der Waals surface area contributed by atoms with Gasteiger partial charge >= 0.3 is 5.69 Å². The minimum Gasteiger partial charge on any atom is -0.394 e. The van der Waals surface area contributed by atoms with Crippen LogP contribution in [0.1, 0.15) is 6.23 Å². The predicted molar refractivity (Wildman–Crippen MR) is 63.7 cm³/mol. The number of nitrogen functional groups attached to an aromatic ring is 1. The number of aromatic nitrogens is 2. The zero-order chi connectivity index (χ0) is 15.1. The molecule has 1 aliphatic rings. The van der Waals surface area contributed by atoms with Crippen molar-refractivity contribution in [2.45, 2.75) is 24.0 Å². The fraction of sp³-hybridized carbons (Fsp3) is 0.455. The molecule has 8 nitrogen and oxygen atoms in total. The molecule has 0 spiro atoms. The van der Waals surface area contributed by atoms with E-state index in [1.54, 1.807) is 0 Å². The Morgan fingerprint density at radius 1 is 1.70 bits per heavy atom. The first kappa shape index (κ1) is 14.4. The fourth-order valence-electron chi connectivity index (χ4n) is 1.98. The second-order valence-electron chi connectivity index (χ2n) is 4.29. The van der Waals surface area contributed by atoms with E-state index in [0.29, 0.717) is 10.8 Å². The maximum atomic E-state index is 13.4. The molecule has 1 fully saturated rings. The Balaban J connectivity index is 2.55. The maximum absolute atomic E-state index is 13.4. The van der Waals surface area contributed by atoms with Gasteiger partial charge in [0, 0.05) is 0 Å². The van der Waals surface area contributed by atoms with E-state index in [1.165, 1.54) is 0 Å². The van der Waals surface area contributed by atoms with Crippen LogP contribution in [0.4, 0.5) is 10.2 Å². The molecule has 0 amide bonds. The largest absolute Gasteiger partial charge is 0.394 e. The Hall–Kier alpha value is -1.99. The highest BCUT2D eigenvalue weighted by atomic mass is 19.1. The fourth-order valence-corrected chi connectivity index (χ4v) is 1.98. The highest BCUT2D eigenvalue weighted by molar-refractivity contribution is 5.27. The molecule has 0 aliphatic carbocycles. The van der Waals surface area contributed by atoms with E-state index in [-0.39, 0.29) is 0 Å². The van der Waals surface area contributed by atoms with Gasteiger partial charge in [-0.05, 0) is 0 Å². The Labute approximate surface area is 112 Å². The number of hydrogen-bond acceptors (Lipinski definition) is 7. The van der Waals surface area contributed by atoms with Crippen LogP contribution in [0.2, 0.25) is 0 Å². The molecule has 0 aromatic carbocycles. The van der Waals surface area contributed by atoms with E-state index in [4.69, 9.17) is 22.0 Å². The zero-order valence-corrected chi connectivity index (χ0v) is 10.1. The van der Waals surface area contributed by atoms with Gasteiger partial charge in [-0.1, -0.05) is 5.92 Å². The van der Waals surface area contributed by atoms with Crippen LogP contribution in [0, 0.1) is 18.2 Å². The van der Waals surface area contributed by atoms with E-state index >= 15 is 0 Å². The molecule has 1 unspecified atom stereocenters. The normalized spacial score (nSPS) is 33.0. The molecule has 1 aromatic rings. The summed E-state index contributed by atoms with van der Waals surface area (Å²) in [5, 5.41) is 29.1. The van der Waals surface area contributed by atoms with Crippen molar-refractivity contribution in [1.82, 2.24) is 9.55 Å². The summed E-state index contributed by atoms with van der Waals surface area (Å²) in [5.41, 5.74) is 1.80. The first-order valence-corrected chi connectivity index (χ1v) is 5.53. The molecular weight excluding hydrogens is 273 g/mol. The highest BCUT2D eigenvalue weighted by Crippen LogP contribution is 2.37. The minimum atomic E-state index is -2.32. The summed E-state index contributed by atoms with van der Waals surface area (Å²) < 4.78 is 19.1. The summed E-state index contributed by atoms with van der Waals surface area (Å²) >= 11 is 0. The van der Waals surface area contributed by atoms with Crippen molar-refractivity contribution >= 4 is 5.82 Å². The average Bonchev–Trinajstić information content (AvgIpc) is 2.67. The summed E-state index contributed by atoms with van der Waals surface area (Å²) in [4.78, 5) is 14.9. The Kier molecular flexibility index (Phi) is 3.49. The molecule has 2 rings (SSSR count). The Morgan fingerprint density at radius 3 is 2.90 bits per heavy atom. The van der Waals surface area contributed by atoms with Crippen molar-refractivity contribution in [2.24, 2.45) is 0 Å². The molecule has 0 saturated carbocycles. The number of hydrogen-bond donors (Lipinski definition) is 4. The molecule has 0 bridgehead atoms. The topological polar surface area (TPSA) is 131 Å². The van der Waals surface area contributed by atoms with Crippen LogP contribution < -0.4 is 11.4 Å². The lowest BCUT2D eigenvalue weighted by Gasteiger charge is -2.26. The van der Waals surface area contributed by atoms with Crippen LogP contribution in [0.3, 0.4) is 0 Å². The van der Waals surface area contributed by atoms with Crippen LogP contribution in [-0.4, -0.2) is 49.3 Å². The standard InChI is InChI=1S/C11H12FN3O5/c1-2-11(19)7(17)6(4-16)20-9(11)15-3-5(12)8(13)14-10(15)18/h1,3,6-7,9,16-17,19H,4H2,(H2,13,14,18)/t6-,7+,9-,11?/m1/s1. The molecule has 9 heteroatoms. The smallest absolute Gasteiger partial charge is 0.351 e. The Morgan fingerprint density at radius 2 is 2.35 bits per heavy atom. The van der Waals surface area contributed by atoms with Crippen molar-refractivity contribution in [3.05, 3.63) is 22.5 Å². The van der Waals surface area contributed by atoms with Crippen molar-refractivity contribution in [3.8, 4) is 12.3 Å². The SMILES string of the molecule is C#CC1(O)[C@@H](O)[C@@H](CO)O[C@H]1n1cc(F)c(N)nc1=O. The molecule has 4 atom stereocenters. The number of anilines is 1. The van der Waals surface area contributed by atoms with Crippen LogP contribution in [0.25, 0.3) is 0 Å². The monoisotopic (exact) mass is 285 g/mol. The summed E-state index contributed by atoms with van der Waals surface area (Å²) in [7, 11) is 0. The van der Waals surface area contributed by atoms with Gasteiger partial charge in [0.1, 0.15) is 12.2 Å². The second kappa shape index (κ2) is 4.84. The Bertz CT molecular complexity index is 627. The first-order valence-electron chi connectivity index (χ1n) is 5.53. The van der Waals surface area contributed by atoms with Gasteiger partial charge in [-0.25, -0.2) is 9.18 Å². The second-order valence-corrected chi connectivity index (χ2v) is 4.29. The van der Waals surface area contributed by atoms with Crippen molar-refractivity contribution in [1.29, 1.82) is 0 Å². The number of ether oxygens (including phenoxy) is 1. The number of halogens is 1. The number of aliphatic hydroxyl groups is 3. The third-order valence-electron chi connectivity index (χ3n) is 3.08. The third-order valence-corrected chi connectivity index (χ3v) is 3.08. The van der Waals surface area contributed by atoms with Gasteiger partial charge in [0.2, 0.25) is 0 Å². The van der Waals surface area contributed by atoms with Gasteiger partial charge in [-0.3, -0.25) is 4.57 Å². The van der Waals surface area contributed by atoms with Gasteiger partial charge < -0.3 is 25.8 Å². The van der Waals surface area contributed by atoms with Crippen LogP contribution in [0.15, 0.2) is 11.0 Å². The molecule has 0 radical (unpaired) electrons. The quantitative estimate of drug-likeness (QED) is 0.445. The highest BCUT2D eigenvalue weighted by Gasteiger charge is 2.55. The molecule has 108 valence electrons. The van der Waals surface area contributed by atoms with Gasteiger partial charge in [0.25, 0.3) is 0 Å². The summed E-state index contributed by atoms with van der Waals surface area (Å²) in [6.45, 7) is -0.651. The van der Waals surface area contributed by atoms with E-state index in [9.17, 15) is 19.4 Å². The van der Waals surface area contributed by atoms with Crippen molar-refractivity contribution in [3.63, 3.8) is 0 Å². The number of rotatable bonds is 2. The van der Waals surface area contributed by atoms with E-state index < -0.39 is 48.0 Å². The number of nitrogens with zero attached hydrogens (tertiary/aromatic N) is 2. The van der Waals surface area contributed by atoms with Crippen molar-refractivity contribution < 1.29 is 24.4 Å². The average molecular weight is 285 g/mol. The molecule has 1 aliphatic heterocycles. The summed E-state index contributed by atoms with van der Waals surface area (Å²) in [6, 6.07) is 0. The van der Waals surface area contributed by atoms with Gasteiger partial charge in [-0.15, -0.1) is 6.42 Å². The zero-order valence-electron chi connectivity index (χ0n) is 10.1. The summed E-state index contributed by atoms with van der Waals surface area (Å²) in [5.74, 6) is 0.256. The minimum absolute atomic E-state index is 0.574. The lowest BCUT2D eigenvalue weighted by atomic mass is 9.95. The lowest BCUT2D eigenvalue weighted by Crippen LogP contribution is -2.47. The van der Waals surface area contributed by atoms with Gasteiger partial charge in [-0.2, -0.15) is 4.98 Å². The molecule has 1 aromatic heterocycles. The van der Waals surface area contributed by atoms with E-state index in [0.717, 1.165) is 0 Å². The van der Waals surface area contributed by atoms with Gasteiger partial charge in [0.15, 0.2) is 23.5 Å².